The van der Waals surface area contributed by atoms with E-state index in [1.807, 2.05) is 12.1 Å². The third-order valence-corrected chi connectivity index (χ3v) is 2.12. The molecule has 64 valence electrons. The largest absolute Gasteiger partial charge is 0.345 e. The van der Waals surface area contributed by atoms with E-state index in [1.54, 1.807) is 6.33 Å². The smallest absolute Gasteiger partial charge is 0.0932 e. The molecule has 0 fully saturated rings. The van der Waals surface area contributed by atoms with E-state index in [0.717, 1.165) is 21.5 Å². The van der Waals surface area contributed by atoms with Crippen LogP contribution in [0.15, 0.2) is 23.4 Å². The Bertz CT molecular complexity index is 481. The van der Waals surface area contributed by atoms with Gasteiger partial charge in [-0.15, -0.1) is 12.6 Å². The summed E-state index contributed by atoms with van der Waals surface area (Å²) in [6.45, 7) is 0. The molecule has 13 heavy (non-hydrogen) atoms. The van der Waals surface area contributed by atoms with Crippen LogP contribution in [-0.4, -0.2) is 9.97 Å². The standard InChI is InChI=1S/C9H7N3S/c10-2-1-6-3-7(13)4-8-9(6)12-5-11-8/h3-5,13H,1H2,(H,11,12). The highest BCUT2D eigenvalue weighted by Crippen LogP contribution is 2.20. The van der Waals surface area contributed by atoms with Crippen LogP contribution >= 0.6 is 12.6 Å². The molecular formula is C9H7N3S. The fourth-order valence-corrected chi connectivity index (χ4v) is 1.61. The average molecular weight is 189 g/mol. The molecule has 0 saturated carbocycles. The third-order valence-electron chi connectivity index (χ3n) is 1.86. The quantitative estimate of drug-likeness (QED) is 0.673. The Balaban J connectivity index is 2.71. The van der Waals surface area contributed by atoms with Gasteiger partial charge in [0, 0.05) is 4.90 Å². The first-order chi connectivity index (χ1) is 6.31. The molecule has 1 N–H and O–H groups in total. The summed E-state index contributed by atoms with van der Waals surface area (Å²) >= 11 is 4.24. The zero-order valence-corrected chi connectivity index (χ0v) is 7.68. The van der Waals surface area contributed by atoms with Gasteiger partial charge in [0.05, 0.1) is 29.9 Å². The molecule has 0 aliphatic carbocycles. The van der Waals surface area contributed by atoms with E-state index in [4.69, 9.17) is 5.26 Å². The van der Waals surface area contributed by atoms with Crippen LogP contribution in [-0.2, 0) is 6.42 Å². The van der Waals surface area contributed by atoms with Crippen LogP contribution < -0.4 is 0 Å². The summed E-state index contributed by atoms with van der Waals surface area (Å²) in [7, 11) is 0. The number of hydrogen-bond donors (Lipinski definition) is 2. The molecule has 1 heterocycles. The van der Waals surface area contributed by atoms with E-state index >= 15 is 0 Å². The van der Waals surface area contributed by atoms with Crippen LogP contribution in [0.1, 0.15) is 5.56 Å². The van der Waals surface area contributed by atoms with Gasteiger partial charge in [-0.25, -0.2) is 4.98 Å². The molecule has 2 rings (SSSR count). The molecule has 4 heteroatoms. The molecule has 0 aliphatic heterocycles. The van der Waals surface area contributed by atoms with Crippen molar-refractivity contribution in [2.45, 2.75) is 11.3 Å². The Kier molecular flexibility index (Phi) is 1.95. The second-order valence-electron chi connectivity index (χ2n) is 2.74. The normalized spacial score (nSPS) is 10.2. The monoisotopic (exact) mass is 189 g/mol. The molecule has 0 radical (unpaired) electrons. The summed E-state index contributed by atoms with van der Waals surface area (Å²) in [4.78, 5) is 7.98. The van der Waals surface area contributed by atoms with Crippen molar-refractivity contribution in [1.29, 1.82) is 5.26 Å². The molecule has 3 nitrogen and oxygen atoms in total. The number of aromatic nitrogens is 2. The van der Waals surface area contributed by atoms with Crippen molar-refractivity contribution in [3.63, 3.8) is 0 Å². The van der Waals surface area contributed by atoms with Crippen molar-refractivity contribution in [2.75, 3.05) is 0 Å². The zero-order valence-electron chi connectivity index (χ0n) is 6.78. The Morgan fingerprint density at radius 2 is 2.38 bits per heavy atom. The number of benzene rings is 1. The molecule has 0 saturated heterocycles. The van der Waals surface area contributed by atoms with Crippen molar-refractivity contribution in [3.05, 3.63) is 24.0 Å². The van der Waals surface area contributed by atoms with E-state index in [1.165, 1.54) is 0 Å². The van der Waals surface area contributed by atoms with Crippen molar-refractivity contribution in [1.82, 2.24) is 9.97 Å². The fourth-order valence-electron chi connectivity index (χ4n) is 1.33. The Labute approximate surface area is 80.8 Å². The lowest BCUT2D eigenvalue weighted by Gasteiger charge is -1.98. The molecule has 0 amide bonds. The number of fused-ring (bicyclic) bond motifs is 1. The van der Waals surface area contributed by atoms with Gasteiger partial charge in [0.15, 0.2) is 0 Å². The van der Waals surface area contributed by atoms with Crippen LogP contribution in [0.4, 0.5) is 0 Å². The minimum Gasteiger partial charge on any atom is -0.345 e. The van der Waals surface area contributed by atoms with E-state index in [2.05, 4.69) is 28.7 Å². The number of H-pyrrole nitrogens is 1. The van der Waals surface area contributed by atoms with Crippen molar-refractivity contribution >= 4 is 23.7 Å². The number of aromatic amines is 1. The van der Waals surface area contributed by atoms with Gasteiger partial charge < -0.3 is 4.98 Å². The second-order valence-corrected chi connectivity index (χ2v) is 3.25. The zero-order chi connectivity index (χ0) is 9.26. The lowest BCUT2D eigenvalue weighted by atomic mass is 10.1. The molecule has 0 bridgehead atoms. The van der Waals surface area contributed by atoms with Gasteiger partial charge in [-0.1, -0.05) is 0 Å². The first-order valence-corrected chi connectivity index (χ1v) is 4.28. The van der Waals surface area contributed by atoms with Crippen molar-refractivity contribution in [3.8, 4) is 6.07 Å². The molecule has 0 spiro atoms. The van der Waals surface area contributed by atoms with Gasteiger partial charge >= 0.3 is 0 Å². The van der Waals surface area contributed by atoms with Crippen LogP contribution in [0.3, 0.4) is 0 Å². The molecule has 1 aromatic carbocycles. The first-order valence-electron chi connectivity index (χ1n) is 3.83. The highest BCUT2D eigenvalue weighted by molar-refractivity contribution is 7.80. The number of nitrogens with zero attached hydrogens (tertiary/aromatic N) is 2. The van der Waals surface area contributed by atoms with Crippen LogP contribution in [0.25, 0.3) is 11.0 Å². The van der Waals surface area contributed by atoms with E-state index in [0.29, 0.717) is 6.42 Å². The molecule has 2 aromatic rings. The van der Waals surface area contributed by atoms with Gasteiger partial charge in [0.1, 0.15) is 0 Å². The summed E-state index contributed by atoms with van der Waals surface area (Å²) in [6.07, 6.45) is 1.99. The SMILES string of the molecule is N#CCc1cc(S)cc2[nH]cnc12. The first kappa shape index (κ1) is 8.14. The number of imidazole rings is 1. The van der Waals surface area contributed by atoms with Crippen LogP contribution in [0.5, 0.6) is 0 Å². The van der Waals surface area contributed by atoms with Gasteiger partial charge in [-0.05, 0) is 17.7 Å². The Morgan fingerprint density at radius 1 is 1.54 bits per heavy atom. The Morgan fingerprint density at radius 3 is 3.15 bits per heavy atom. The summed E-state index contributed by atoms with van der Waals surface area (Å²) in [6, 6.07) is 5.87. The summed E-state index contributed by atoms with van der Waals surface area (Å²) in [5.41, 5.74) is 2.71. The number of nitrogens with one attached hydrogen (secondary N) is 1. The maximum absolute atomic E-state index is 8.59. The highest BCUT2D eigenvalue weighted by atomic mass is 32.1. The van der Waals surface area contributed by atoms with E-state index < -0.39 is 0 Å². The maximum Gasteiger partial charge on any atom is 0.0932 e. The molecule has 0 aliphatic rings. The minimum atomic E-state index is 0.371. The van der Waals surface area contributed by atoms with Crippen LogP contribution in [0, 0.1) is 11.3 Å². The number of nitriles is 1. The van der Waals surface area contributed by atoms with Gasteiger partial charge in [0.25, 0.3) is 0 Å². The van der Waals surface area contributed by atoms with Crippen molar-refractivity contribution in [2.24, 2.45) is 0 Å². The lowest BCUT2D eigenvalue weighted by Crippen LogP contribution is -1.84. The minimum absolute atomic E-state index is 0.371. The lowest BCUT2D eigenvalue weighted by molar-refractivity contribution is 1.24. The summed E-state index contributed by atoms with van der Waals surface area (Å²) < 4.78 is 0. The maximum atomic E-state index is 8.59. The van der Waals surface area contributed by atoms with E-state index in [9.17, 15) is 0 Å². The third kappa shape index (κ3) is 1.38. The van der Waals surface area contributed by atoms with Gasteiger partial charge in [-0.2, -0.15) is 5.26 Å². The average Bonchev–Trinajstić information content (AvgIpc) is 2.52. The fraction of sp³-hybridized carbons (Fsp3) is 0.111. The number of thiol groups is 1. The molecular weight excluding hydrogens is 182 g/mol. The molecule has 1 aromatic heterocycles. The number of rotatable bonds is 1. The topological polar surface area (TPSA) is 52.5 Å². The Hall–Kier alpha value is -1.47. The molecule has 0 unspecified atom stereocenters. The van der Waals surface area contributed by atoms with Crippen LogP contribution in [0.2, 0.25) is 0 Å². The van der Waals surface area contributed by atoms with Gasteiger partial charge in [-0.3, -0.25) is 0 Å². The summed E-state index contributed by atoms with van der Waals surface area (Å²) in [5, 5.41) is 8.59. The van der Waals surface area contributed by atoms with Gasteiger partial charge in [0.2, 0.25) is 0 Å². The highest BCUT2D eigenvalue weighted by Gasteiger charge is 2.04. The second kappa shape index (κ2) is 3.11. The summed E-state index contributed by atoms with van der Waals surface area (Å²) in [5.74, 6) is 0. The molecule has 0 atom stereocenters. The predicted molar refractivity (Wildman–Crippen MR) is 52.7 cm³/mol. The number of hydrogen-bond acceptors (Lipinski definition) is 3. The van der Waals surface area contributed by atoms with E-state index in [-0.39, 0.29) is 0 Å². The van der Waals surface area contributed by atoms with Crippen molar-refractivity contribution < 1.29 is 0 Å². The predicted octanol–water partition coefficient (Wildman–Crippen LogP) is 1.92.